The van der Waals surface area contributed by atoms with Crippen LogP contribution in [-0.2, 0) is 62.2 Å². The molecule has 1 aliphatic rings. The molecule has 288 valence electrons. The molecule has 3 N–H and O–H groups in total. The average molecular weight is 745 g/mol. The minimum absolute atomic E-state index is 0.140. The van der Waals surface area contributed by atoms with Gasteiger partial charge in [-0.25, -0.2) is 0 Å². The Labute approximate surface area is 324 Å². The van der Waals surface area contributed by atoms with Crippen molar-refractivity contribution in [2.45, 2.75) is 102 Å². The van der Waals surface area contributed by atoms with Gasteiger partial charge in [0.2, 0.25) is 5.79 Å². The number of aliphatic hydroxyl groups is 2. The fourth-order valence-electron chi connectivity index (χ4n) is 7.11. The topological polar surface area (TPSA) is 115 Å². The van der Waals surface area contributed by atoms with Crippen molar-refractivity contribution in [1.82, 2.24) is 0 Å². The van der Waals surface area contributed by atoms with Gasteiger partial charge in [-0.05, 0) is 85.0 Å². The molecule has 0 aromatic heterocycles. The molecule has 5 aromatic carbocycles. The predicted octanol–water partition coefficient (Wildman–Crippen LogP) is 8.06. The Hall–Kier alpha value is -4.67. The second-order valence-electron chi connectivity index (χ2n) is 15.0. The zero-order chi connectivity index (χ0) is 38.8. The largest absolute Gasteiger partial charge is 0.481 e. The van der Waals surface area contributed by atoms with Crippen molar-refractivity contribution in [3.8, 4) is 0 Å². The van der Waals surface area contributed by atoms with E-state index in [0.717, 1.165) is 38.9 Å². The van der Waals surface area contributed by atoms with Gasteiger partial charge in [0.05, 0.1) is 25.4 Å². The van der Waals surface area contributed by atoms with E-state index in [1.54, 1.807) is 13.8 Å². The van der Waals surface area contributed by atoms with E-state index in [9.17, 15) is 15.0 Å². The third kappa shape index (κ3) is 10.6. The molecule has 5 aromatic rings. The quantitative estimate of drug-likeness (QED) is 0.0877. The molecule has 1 fully saturated rings. The molecule has 0 amide bonds. The molecule has 5 atom stereocenters. The number of hydrogen-bond acceptors (Lipinski definition) is 7. The monoisotopic (exact) mass is 744 g/mol. The number of aliphatic carboxylic acids is 1. The van der Waals surface area contributed by atoms with Gasteiger partial charge in [0, 0.05) is 12.0 Å². The second-order valence-corrected chi connectivity index (χ2v) is 15.0. The molecule has 0 unspecified atom stereocenters. The van der Waals surface area contributed by atoms with Crippen LogP contribution in [0, 0.1) is 6.92 Å². The number of carboxylic acids is 1. The van der Waals surface area contributed by atoms with E-state index in [-0.39, 0.29) is 26.2 Å². The highest BCUT2D eigenvalue weighted by atomic mass is 16.7. The van der Waals surface area contributed by atoms with Crippen LogP contribution in [0.15, 0.2) is 133 Å². The zero-order valence-electron chi connectivity index (χ0n) is 31.8. The molecule has 6 rings (SSSR count). The van der Waals surface area contributed by atoms with Crippen molar-refractivity contribution in [2.75, 3.05) is 0 Å². The minimum atomic E-state index is -2.07. The maximum atomic E-state index is 13.1. The molecule has 8 heteroatoms. The van der Waals surface area contributed by atoms with Crippen LogP contribution in [0.5, 0.6) is 0 Å². The third-order valence-corrected chi connectivity index (χ3v) is 10.2. The molecule has 8 nitrogen and oxygen atoms in total. The van der Waals surface area contributed by atoms with Gasteiger partial charge in [-0.15, -0.1) is 0 Å². The molecule has 1 aliphatic heterocycles. The van der Waals surface area contributed by atoms with Crippen LogP contribution in [0.2, 0.25) is 0 Å². The van der Waals surface area contributed by atoms with Crippen LogP contribution in [0.4, 0.5) is 0 Å². The van der Waals surface area contributed by atoms with Crippen molar-refractivity contribution in [3.63, 3.8) is 0 Å². The summed E-state index contributed by atoms with van der Waals surface area (Å²) in [6.45, 7) is 5.95. The van der Waals surface area contributed by atoms with Gasteiger partial charge in [0.25, 0.3) is 0 Å². The van der Waals surface area contributed by atoms with E-state index in [1.807, 2.05) is 128 Å². The molecule has 0 aliphatic carbocycles. The van der Waals surface area contributed by atoms with Gasteiger partial charge in [-0.3, -0.25) is 4.79 Å². The molecule has 0 saturated carbocycles. The third-order valence-electron chi connectivity index (χ3n) is 10.2. The summed E-state index contributed by atoms with van der Waals surface area (Å²) >= 11 is 0. The first-order valence-electron chi connectivity index (χ1n) is 19.0. The predicted molar refractivity (Wildman–Crippen MR) is 211 cm³/mol. The lowest BCUT2D eigenvalue weighted by Crippen LogP contribution is -2.68. The van der Waals surface area contributed by atoms with Crippen molar-refractivity contribution in [3.05, 3.63) is 178 Å². The Balaban J connectivity index is 1.38. The summed E-state index contributed by atoms with van der Waals surface area (Å²) in [5.41, 5.74) is 5.98. The Kier molecular flexibility index (Phi) is 13.3. The van der Waals surface area contributed by atoms with Gasteiger partial charge in [-0.2, -0.15) is 0 Å². The SMILES string of the molecule is Cc1ccc([C@]2(O)O[C@H](C(C)(C)O)[C@@H](OCc3ccccc3)[C@@H](OCc3ccccc3)[C@H]2OCc2ccccc2)cc1Cc1ccc(CCCC(=O)O)cc1. The smallest absolute Gasteiger partial charge is 0.303 e. The fraction of sp³-hybridized carbons (Fsp3) is 0.340. The molecule has 1 heterocycles. The molecular formula is C47H52O8. The summed E-state index contributed by atoms with van der Waals surface area (Å²) in [6, 6.07) is 43.3. The number of carbonyl (C=O) groups is 1. The highest BCUT2D eigenvalue weighted by Crippen LogP contribution is 2.44. The van der Waals surface area contributed by atoms with Crippen LogP contribution in [0.3, 0.4) is 0 Å². The van der Waals surface area contributed by atoms with Crippen LogP contribution in [0.25, 0.3) is 0 Å². The zero-order valence-corrected chi connectivity index (χ0v) is 31.8. The summed E-state index contributed by atoms with van der Waals surface area (Å²) in [4.78, 5) is 11.0. The maximum Gasteiger partial charge on any atom is 0.303 e. The lowest BCUT2D eigenvalue weighted by atomic mass is 9.81. The van der Waals surface area contributed by atoms with Gasteiger partial charge in [-0.1, -0.05) is 127 Å². The summed E-state index contributed by atoms with van der Waals surface area (Å²) in [6.07, 6.45) is -1.84. The van der Waals surface area contributed by atoms with Crippen molar-refractivity contribution < 1.29 is 39.1 Å². The Morgan fingerprint density at radius 1 is 0.691 bits per heavy atom. The number of hydrogen-bond donors (Lipinski definition) is 3. The van der Waals surface area contributed by atoms with Crippen LogP contribution in [0.1, 0.15) is 71.2 Å². The number of benzene rings is 5. The number of ether oxygens (including phenoxy) is 4. The summed E-state index contributed by atoms with van der Waals surface area (Å²) in [7, 11) is 0. The molecule has 0 spiro atoms. The van der Waals surface area contributed by atoms with Gasteiger partial charge < -0.3 is 34.3 Å². The van der Waals surface area contributed by atoms with Crippen LogP contribution in [-0.4, -0.2) is 51.3 Å². The normalized spacial score (nSPS) is 21.3. The first kappa shape index (κ1) is 40.0. The van der Waals surface area contributed by atoms with Crippen molar-refractivity contribution >= 4 is 5.97 Å². The fourth-order valence-corrected chi connectivity index (χ4v) is 7.11. The second kappa shape index (κ2) is 18.3. The highest BCUT2D eigenvalue weighted by Gasteiger charge is 2.60. The first-order valence-corrected chi connectivity index (χ1v) is 19.0. The lowest BCUT2D eigenvalue weighted by Gasteiger charge is -2.53. The van der Waals surface area contributed by atoms with E-state index in [0.29, 0.717) is 24.8 Å². The standard InChI is InChI=1S/C47H52O8/c1-33-22-27-40(29-39(33)28-35-25-23-34(24-26-35)20-13-21-41(48)49)47(51)45(54-32-38-18-11-6-12-19-38)43(53-31-37-16-9-5-10-17-37)42(44(55-47)46(2,3)50)52-30-36-14-7-4-8-15-36/h4-12,14-19,22-27,29,42-45,50-51H,13,20-21,28,30-32H2,1-3H3,(H,48,49)/t42-,43+,44-,45+,47-/m0/s1. The Morgan fingerprint density at radius 3 is 1.73 bits per heavy atom. The number of carboxylic acid groups (broad SMARTS) is 1. The Morgan fingerprint density at radius 2 is 1.20 bits per heavy atom. The molecule has 0 radical (unpaired) electrons. The van der Waals surface area contributed by atoms with Crippen LogP contribution < -0.4 is 0 Å². The molecule has 0 bridgehead atoms. The summed E-state index contributed by atoms with van der Waals surface area (Å²) < 4.78 is 26.9. The average Bonchev–Trinajstić information content (AvgIpc) is 3.18. The number of aryl methyl sites for hydroxylation is 2. The van der Waals surface area contributed by atoms with E-state index in [2.05, 4.69) is 12.1 Å². The maximum absolute atomic E-state index is 13.1. The lowest BCUT2D eigenvalue weighted by molar-refractivity contribution is -0.391. The van der Waals surface area contributed by atoms with Gasteiger partial charge >= 0.3 is 5.97 Å². The van der Waals surface area contributed by atoms with Crippen LogP contribution >= 0.6 is 0 Å². The van der Waals surface area contributed by atoms with E-state index in [4.69, 9.17) is 24.1 Å². The van der Waals surface area contributed by atoms with E-state index < -0.39 is 41.8 Å². The molecule has 1 saturated heterocycles. The summed E-state index contributed by atoms with van der Waals surface area (Å²) in [5, 5.41) is 33.9. The van der Waals surface area contributed by atoms with Crippen molar-refractivity contribution in [1.29, 1.82) is 0 Å². The minimum Gasteiger partial charge on any atom is -0.481 e. The first-order chi connectivity index (χ1) is 26.5. The van der Waals surface area contributed by atoms with E-state index in [1.165, 1.54) is 0 Å². The molecule has 55 heavy (non-hydrogen) atoms. The van der Waals surface area contributed by atoms with Crippen molar-refractivity contribution in [2.24, 2.45) is 0 Å². The Bertz CT molecular complexity index is 1940. The number of rotatable bonds is 17. The summed E-state index contributed by atoms with van der Waals surface area (Å²) in [5.74, 6) is -2.86. The van der Waals surface area contributed by atoms with Gasteiger partial charge in [0.1, 0.15) is 24.4 Å². The molecular weight excluding hydrogens is 693 g/mol. The highest BCUT2D eigenvalue weighted by molar-refractivity contribution is 5.66. The van der Waals surface area contributed by atoms with E-state index >= 15 is 0 Å². The van der Waals surface area contributed by atoms with Gasteiger partial charge in [0.15, 0.2) is 0 Å².